The summed E-state index contributed by atoms with van der Waals surface area (Å²) >= 11 is 7.51. The highest BCUT2D eigenvalue weighted by Gasteiger charge is 2.36. The maximum Gasteiger partial charge on any atom is 0.338 e. The molecular formula is C18H21ClN3O4S+. The van der Waals surface area contributed by atoms with Crippen LogP contribution >= 0.6 is 22.9 Å². The molecule has 3 rings (SSSR count). The summed E-state index contributed by atoms with van der Waals surface area (Å²) in [5.74, 6) is 0.00135. The van der Waals surface area contributed by atoms with Crippen LogP contribution in [-0.2, 0) is 16.1 Å². The van der Waals surface area contributed by atoms with E-state index in [-0.39, 0.29) is 12.6 Å². The number of carbonyl (C=O) groups is 2. The second-order valence-electron chi connectivity index (χ2n) is 6.18. The van der Waals surface area contributed by atoms with E-state index in [1.807, 2.05) is 19.2 Å². The normalized spacial score (nSPS) is 18.0. The molecule has 7 nitrogen and oxygen atoms in total. The molecule has 0 bridgehead atoms. The van der Waals surface area contributed by atoms with Crippen molar-refractivity contribution in [2.24, 2.45) is 0 Å². The number of carbonyl (C=O) groups excluding carboxylic acids is 2. The van der Waals surface area contributed by atoms with E-state index in [0.717, 1.165) is 14.1 Å². The maximum absolute atomic E-state index is 12.6. The Bertz CT molecular complexity index is 847. The van der Waals surface area contributed by atoms with E-state index in [1.54, 1.807) is 19.1 Å². The fraction of sp³-hybridized carbons (Fsp3) is 0.333. The fourth-order valence-electron chi connectivity index (χ4n) is 2.98. The van der Waals surface area contributed by atoms with Crippen molar-refractivity contribution in [3.8, 4) is 0 Å². The predicted octanol–water partition coefficient (Wildman–Crippen LogP) is 1.88. The van der Waals surface area contributed by atoms with Gasteiger partial charge in [-0.15, -0.1) is 11.3 Å². The molecule has 2 aromatic rings. The van der Waals surface area contributed by atoms with Gasteiger partial charge in [0.25, 0.3) is 0 Å². The number of likely N-dealkylation sites (N-methyl/N-ethyl adjacent to an activating group) is 1. The quantitative estimate of drug-likeness (QED) is 0.608. The number of nitrogens with one attached hydrogen (secondary N) is 3. The van der Waals surface area contributed by atoms with E-state index < -0.39 is 12.0 Å². The molecule has 2 aromatic heterocycles. The van der Waals surface area contributed by atoms with Crippen molar-refractivity contribution in [2.75, 3.05) is 20.2 Å². The zero-order valence-corrected chi connectivity index (χ0v) is 16.6. The van der Waals surface area contributed by atoms with Crippen LogP contribution in [0.25, 0.3) is 0 Å². The molecule has 9 heteroatoms. The summed E-state index contributed by atoms with van der Waals surface area (Å²) in [6.07, 6.45) is 1.50. The Hall–Kier alpha value is -2.29. The summed E-state index contributed by atoms with van der Waals surface area (Å²) in [6.45, 7) is 3.14. The summed E-state index contributed by atoms with van der Waals surface area (Å²) in [7, 11) is 1.99. The molecule has 27 heavy (non-hydrogen) atoms. The standard InChI is InChI=1S/C18H20ClN3O4S/c1-3-25-17(23)15-12(10-22(2)9-11-6-7-14(19)27-11)20-18(24)21-16(15)13-5-4-8-26-13/h4-8,16H,3,9-10H2,1-2H3,(H2,20,21,24)/p+1/t16-/m1/s1. The van der Waals surface area contributed by atoms with Gasteiger partial charge in [-0.1, -0.05) is 11.6 Å². The molecule has 1 aliphatic heterocycles. The third kappa shape index (κ3) is 4.71. The van der Waals surface area contributed by atoms with Crippen molar-refractivity contribution in [1.29, 1.82) is 0 Å². The minimum absolute atomic E-state index is 0.241. The Kier molecular flexibility index (Phi) is 6.20. The first-order chi connectivity index (χ1) is 13.0. The molecule has 0 spiro atoms. The Morgan fingerprint density at radius 1 is 1.37 bits per heavy atom. The van der Waals surface area contributed by atoms with Crippen molar-refractivity contribution >= 4 is 34.9 Å². The number of thiophene rings is 1. The van der Waals surface area contributed by atoms with Gasteiger partial charge in [0, 0.05) is 0 Å². The number of esters is 1. The van der Waals surface area contributed by atoms with Crippen LogP contribution in [0.1, 0.15) is 23.6 Å². The van der Waals surface area contributed by atoms with Crippen LogP contribution in [0.4, 0.5) is 4.79 Å². The second kappa shape index (κ2) is 8.60. The van der Waals surface area contributed by atoms with Gasteiger partial charge in [-0.3, -0.25) is 0 Å². The SMILES string of the molecule is CCOC(=O)C1=C(C[NH+](C)Cc2ccc(Cl)s2)NC(=O)N[C@@H]1c1ccco1. The van der Waals surface area contributed by atoms with E-state index in [9.17, 15) is 9.59 Å². The molecule has 0 radical (unpaired) electrons. The van der Waals surface area contributed by atoms with Crippen LogP contribution in [-0.4, -0.2) is 32.2 Å². The van der Waals surface area contributed by atoms with E-state index in [1.165, 1.54) is 17.6 Å². The number of amides is 2. The minimum atomic E-state index is -0.688. The number of rotatable bonds is 7. The van der Waals surface area contributed by atoms with Gasteiger partial charge in [-0.05, 0) is 31.2 Å². The predicted molar refractivity (Wildman–Crippen MR) is 102 cm³/mol. The molecule has 2 atom stereocenters. The van der Waals surface area contributed by atoms with Gasteiger partial charge in [-0.2, -0.15) is 0 Å². The van der Waals surface area contributed by atoms with Crippen molar-refractivity contribution in [3.63, 3.8) is 0 Å². The van der Waals surface area contributed by atoms with Crippen molar-refractivity contribution in [2.45, 2.75) is 19.5 Å². The highest BCUT2D eigenvalue weighted by Crippen LogP contribution is 2.27. The monoisotopic (exact) mass is 410 g/mol. The van der Waals surface area contributed by atoms with Crippen LogP contribution < -0.4 is 15.5 Å². The van der Waals surface area contributed by atoms with Gasteiger partial charge in [0.2, 0.25) is 0 Å². The highest BCUT2D eigenvalue weighted by atomic mass is 35.5. The lowest BCUT2D eigenvalue weighted by Gasteiger charge is -2.28. The molecule has 144 valence electrons. The molecule has 0 saturated heterocycles. The number of halogens is 1. The number of quaternary nitrogens is 1. The summed E-state index contributed by atoms with van der Waals surface area (Å²) in [4.78, 5) is 27.0. The lowest BCUT2D eigenvalue weighted by molar-refractivity contribution is -0.888. The highest BCUT2D eigenvalue weighted by molar-refractivity contribution is 7.16. The van der Waals surface area contributed by atoms with E-state index in [4.69, 9.17) is 20.8 Å². The average molecular weight is 411 g/mol. The summed E-state index contributed by atoms with van der Waals surface area (Å²) < 4.78 is 11.4. The Morgan fingerprint density at radius 2 is 2.19 bits per heavy atom. The van der Waals surface area contributed by atoms with Gasteiger partial charge in [0.15, 0.2) is 0 Å². The second-order valence-corrected chi connectivity index (χ2v) is 7.98. The van der Waals surface area contributed by atoms with E-state index in [2.05, 4.69) is 10.6 Å². The lowest BCUT2D eigenvalue weighted by Crippen LogP contribution is -3.08. The van der Waals surface area contributed by atoms with Crippen molar-refractivity contribution in [3.05, 3.63) is 56.8 Å². The first-order valence-corrected chi connectivity index (χ1v) is 9.74. The van der Waals surface area contributed by atoms with Crippen molar-refractivity contribution in [1.82, 2.24) is 10.6 Å². The average Bonchev–Trinajstić information content (AvgIpc) is 3.26. The number of ether oxygens (including phenoxy) is 1. The van der Waals surface area contributed by atoms with Gasteiger partial charge < -0.3 is 24.7 Å². The fourth-order valence-corrected chi connectivity index (χ4v) is 4.19. The van der Waals surface area contributed by atoms with Crippen LogP contribution in [0.3, 0.4) is 0 Å². The Morgan fingerprint density at radius 3 is 2.81 bits per heavy atom. The van der Waals surface area contributed by atoms with Gasteiger partial charge in [-0.25, -0.2) is 9.59 Å². The topological polar surface area (TPSA) is 85.0 Å². The zero-order chi connectivity index (χ0) is 19.4. The molecule has 0 saturated carbocycles. The molecule has 1 unspecified atom stereocenters. The van der Waals surface area contributed by atoms with Gasteiger partial charge in [0.1, 0.15) is 24.9 Å². The maximum atomic E-state index is 12.6. The molecule has 0 aliphatic carbocycles. The summed E-state index contributed by atoms with van der Waals surface area (Å²) in [5, 5.41) is 5.50. The summed E-state index contributed by atoms with van der Waals surface area (Å²) in [6, 6.07) is 6.20. The van der Waals surface area contributed by atoms with Crippen LogP contribution in [0, 0.1) is 0 Å². The molecule has 0 aromatic carbocycles. The first-order valence-electron chi connectivity index (χ1n) is 8.54. The lowest BCUT2D eigenvalue weighted by atomic mass is 10.00. The number of urea groups is 1. The molecule has 0 fully saturated rings. The van der Waals surface area contributed by atoms with Crippen LogP contribution in [0.15, 0.2) is 46.2 Å². The Balaban J connectivity index is 1.89. The third-order valence-corrected chi connectivity index (χ3v) is 5.29. The number of hydrogen-bond acceptors (Lipinski definition) is 5. The van der Waals surface area contributed by atoms with Crippen LogP contribution in [0.5, 0.6) is 0 Å². The van der Waals surface area contributed by atoms with Gasteiger partial charge in [0.05, 0.1) is 40.4 Å². The third-order valence-electron chi connectivity index (χ3n) is 4.06. The van der Waals surface area contributed by atoms with E-state index >= 15 is 0 Å². The smallest absolute Gasteiger partial charge is 0.338 e. The Labute approximate surface area is 165 Å². The molecule has 3 N–H and O–H groups in total. The molecular weight excluding hydrogens is 390 g/mol. The number of furan rings is 1. The van der Waals surface area contributed by atoms with E-state index in [0.29, 0.717) is 30.1 Å². The molecule has 1 aliphatic rings. The van der Waals surface area contributed by atoms with Crippen molar-refractivity contribution < 1.29 is 23.6 Å². The zero-order valence-electron chi connectivity index (χ0n) is 15.0. The van der Waals surface area contributed by atoms with Crippen LogP contribution in [0.2, 0.25) is 4.34 Å². The summed E-state index contributed by atoms with van der Waals surface area (Å²) in [5.41, 5.74) is 0.883. The molecule has 2 amide bonds. The van der Waals surface area contributed by atoms with Gasteiger partial charge >= 0.3 is 12.0 Å². The number of hydrogen-bond donors (Lipinski definition) is 3. The molecule has 3 heterocycles. The largest absolute Gasteiger partial charge is 0.467 e. The first kappa shape index (κ1) is 19.5. The minimum Gasteiger partial charge on any atom is -0.467 e.